The average Bonchev–Trinajstić information content (AvgIpc) is 2.77. The Morgan fingerprint density at radius 2 is 2.09 bits per heavy atom. The summed E-state index contributed by atoms with van der Waals surface area (Å²) >= 11 is 0. The van der Waals surface area contributed by atoms with Gasteiger partial charge in [-0.3, -0.25) is 4.68 Å². The Labute approximate surface area is 131 Å². The molecule has 1 aromatic heterocycles. The summed E-state index contributed by atoms with van der Waals surface area (Å²) in [5, 5.41) is 6.74. The predicted octanol–water partition coefficient (Wildman–Crippen LogP) is 0.236. The van der Waals surface area contributed by atoms with Crippen LogP contribution in [0.15, 0.2) is 17.3 Å². The van der Waals surface area contributed by atoms with Crippen LogP contribution in [0, 0.1) is 0 Å². The zero-order valence-corrected chi connectivity index (χ0v) is 13.8. The number of aryl methyl sites for hydroxylation is 1. The molecule has 0 spiro atoms. The molecule has 1 N–H and O–H groups in total. The average molecular weight is 329 g/mol. The Bertz CT molecular complexity index is 613. The Morgan fingerprint density at radius 1 is 1.32 bits per heavy atom. The van der Waals surface area contributed by atoms with Crippen LogP contribution in [0.3, 0.4) is 0 Å². The van der Waals surface area contributed by atoms with E-state index in [0.29, 0.717) is 39.1 Å². The van der Waals surface area contributed by atoms with Crippen LogP contribution >= 0.6 is 0 Å². The smallest absolute Gasteiger partial charge is 0.317 e. The van der Waals surface area contributed by atoms with Crippen molar-refractivity contribution in [2.75, 3.05) is 32.7 Å². The molecule has 0 bridgehead atoms. The van der Waals surface area contributed by atoms with Gasteiger partial charge in [-0.15, -0.1) is 0 Å². The SMILES string of the molecule is CCCNC(=O)N1CCCN(S(=O)(=O)c2cnn(C)c2)CC1. The number of amides is 2. The molecular weight excluding hydrogens is 306 g/mol. The monoisotopic (exact) mass is 329 g/mol. The molecule has 0 atom stereocenters. The zero-order chi connectivity index (χ0) is 16.2. The first-order valence-corrected chi connectivity index (χ1v) is 8.90. The number of urea groups is 1. The van der Waals surface area contributed by atoms with Gasteiger partial charge in [0.15, 0.2) is 0 Å². The van der Waals surface area contributed by atoms with E-state index in [1.54, 1.807) is 11.9 Å². The van der Waals surface area contributed by atoms with Crippen LogP contribution in [0.5, 0.6) is 0 Å². The Morgan fingerprint density at radius 3 is 2.73 bits per heavy atom. The number of rotatable bonds is 4. The van der Waals surface area contributed by atoms with E-state index in [1.165, 1.54) is 21.4 Å². The molecule has 22 heavy (non-hydrogen) atoms. The van der Waals surface area contributed by atoms with Gasteiger partial charge >= 0.3 is 6.03 Å². The summed E-state index contributed by atoms with van der Waals surface area (Å²) in [5.41, 5.74) is 0. The van der Waals surface area contributed by atoms with E-state index in [2.05, 4.69) is 10.4 Å². The van der Waals surface area contributed by atoms with E-state index in [1.807, 2.05) is 6.92 Å². The fourth-order valence-corrected chi connectivity index (χ4v) is 3.82. The fraction of sp³-hybridized carbons (Fsp3) is 0.692. The summed E-state index contributed by atoms with van der Waals surface area (Å²) in [7, 11) is -1.86. The Hall–Kier alpha value is -1.61. The molecule has 0 saturated carbocycles. The van der Waals surface area contributed by atoms with Crippen LogP contribution in [0.2, 0.25) is 0 Å². The van der Waals surface area contributed by atoms with Gasteiger partial charge in [0.25, 0.3) is 0 Å². The van der Waals surface area contributed by atoms with Crippen molar-refractivity contribution < 1.29 is 13.2 Å². The van der Waals surface area contributed by atoms with Crippen molar-refractivity contribution in [3.05, 3.63) is 12.4 Å². The lowest BCUT2D eigenvalue weighted by molar-refractivity contribution is 0.200. The maximum atomic E-state index is 12.6. The molecule has 0 radical (unpaired) electrons. The number of carbonyl (C=O) groups excluding carboxylic acids is 1. The molecule has 1 aromatic rings. The van der Waals surface area contributed by atoms with Crippen molar-refractivity contribution >= 4 is 16.1 Å². The second kappa shape index (κ2) is 7.10. The molecule has 1 aliphatic rings. The number of hydrogen-bond donors (Lipinski definition) is 1. The summed E-state index contributed by atoms with van der Waals surface area (Å²) in [6.07, 6.45) is 4.35. The molecule has 0 aromatic carbocycles. The predicted molar refractivity (Wildman–Crippen MR) is 81.8 cm³/mol. The first kappa shape index (κ1) is 16.8. The summed E-state index contributed by atoms with van der Waals surface area (Å²) < 4.78 is 28.0. The van der Waals surface area contributed by atoms with Crippen LogP contribution in [0.4, 0.5) is 4.79 Å². The van der Waals surface area contributed by atoms with E-state index in [-0.39, 0.29) is 10.9 Å². The summed E-state index contributed by atoms with van der Waals surface area (Å²) in [4.78, 5) is 13.8. The van der Waals surface area contributed by atoms with Gasteiger partial charge < -0.3 is 10.2 Å². The third kappa shape index (κ3) is 3.77. The fourth-order valence-electron chi connectivity index (χ4n) is 2.36. The van der Waals surface area contributed by atoms with Crippen molar-refractivity contribution in [3.8, 4) is 0 Å². The standard InChI is InChI=1S/C13H23N5O3S/c1-3-5-14-13(19)17-6-4-7-18(9-8-17)22(20,21)12-10-15-16(2)11-12/h10-11H,3-9H2,1-2H3,(H,14,19). The third-order valence-corrected chi connectivity index (χ3v) is 5.44. The van der Waals surface area contributed by atoms with E-state index in [4.69, 9.17) is 0 Å². The van der Waals surface area contributed by atoms with Crippen molar-refractivity contribution in [1.82, 2.24) is 24.3 Å². The van der Waals surface area contributed by atoms with E-state index < -0.39 is 10.0 Å². The molecule has 2 heterocycles. The maximum absolute atomic E-state index is 12.6. The normalized spacial score (nSPS) is 17.3. The van der Waals surface area contributed by atoms with Crippen LogP contribution in [0.1, 0.15) is 19.8 Å². The minimum atomic E-state index is -3.54. The van der Waals surface area contributed by atoms with Crippen molar-refractivity contribution in [1.29, 1.82) is 0 Å². The molecule has 1 fully saturated rings. The number of hydrogen-bond acceptors (Lipinski definition) is 4. The number of aromatic nitrogens is 2. The summed E-state index contributed by atoms with van der Waals surface area (Å²) in [5.74, 6) is 0. The highest BCUT2D eigenvalue weighted by molar-refractivity contribution is 7.89. The molecule has 1 aliphatic heterocycles. The van der Waals surface area contributed by atoms with E-state index >= 15 is 0 Å². The minimum Gasteiger partial charge on any atom is -0.338 e. The summed E-state index contributed by atoms with van der Waals surface area (Å²) in [6, 6.07) is -0.123. The largest absolute Gasteiger partial charge is 0.338 e. The molecule has 9 heteroatoms. The Balaban J connectivity index is 2.02. The zero-order valence-electron chi connectivity index (χ0n) is 13.0. The van der Waals surface area contributed by atoms with Crippen LogP contribution in [-0.4, -0.2) is 66.2 Å². The van der Waals surface area contributed by atoms with E-state index in [0.717, 1.165) is 6.42 Å². The first-order chi connectivity index (χ1) is 10.4. The van der Waals surface area contributed by atoms with Gasteiger partial charge in [0.1, 0.15) is 4.90 Å². The van der Waals surface area contributed by atoms with Gasteiger partial charge in [-0.1, -0.05) is 6.92 Å². The first-order valence-electron chi connectivity index (χ1n) is 7.46. The van der Waals surface area contributed by atoms with E-state index in [9.17, 15) is 13.2 Å². The second-order valence-electron chi connectivity index (χ2n) is 5.33. The lowest BCUT2D eigenvalue weighted by atomic mass is 10.4. The molecule has 0 aliphatic carbocycles. The van der Waals surface area contributed by atoms with Gasteiger partial charge in [-0.25, -0.2) is 13.2 Å². The second-order valence-corrected chi connectivity index (χ2v) is 7.26. The highest BCUT2D eigenvalue weighted by Gasteiger charge is 2.29. The molecule has 8 nitrogen and oxygen atoms in total. The van der Waals surface area contributed by atoms with Crippen molar-refractivity contribution in [3.63, 3.8) is 0 Å². The molecular formula is C13H23N5O3S. The highest BCUT2D eigenvalue weighted by atomic mass is 32.2. The lowest BCUT2D eigenvalue weighted by Gasteiger charge is -2.21. The number of sulfonamides is 1. The van der Waals surface area contributed by atoms with Gasteiger partial charge in [-0.2, -0.15) is 9.40 Å². The molecule has 124 valence electrons. The molecule has 1 saturated heterocycles. The molecule has 2 rings (SSSR count). The minimum absolute atomic E-state index is 0.123. The molecule has 2 amide bonds. The molecule has 0 unspecified atom stereocenters. The van der Waals surface area contributed by atoms with Crippen molar-refractivity contribution in [2.45, 2.75) is 24.7 Å². The quantitative estimate of drug-likeness (QED) is 0.857. The topological polar surface area (TPSA) is 87.5 Å². The van der Waals surface area contributed by atoms with Crippen molar-refractivity contribution in [2.24, 2.45) is 7.05 Å². The van der Waals surface area contributed by atoms with Crippen LogP contribution in [-0.2, 0) is 17.1 Å². The van der Waals surface area contributed by atoms with Gasteiger partial charge in [-0.05, 0) is 12.8 Å². The lowest BCUT2D eigenvalue weighted by Crippen LogP contribution is -2.42. The van der Waals surface area contributed by atoms with Crippen LogP contribution < -0.4 is 5.32 Å². The maximum Gasteiger partial charge on any atom is 0.317 e. The van der Waals surface area contributed by atoms with Gasteiger partial charge in [0, 0.05) is 46.0 Å². The van der Waals surface area contributed by atoms with Gasteiger partial charge in [0.05, 0.1) is 6.20 Å². The van der Waals surface area contributed by atoms with Crippen LogP contribution in [0.25, 0.3) is 0 Å². The third-order valence-electron chi connectivity index (χ3n) is 3.59. The number of carbonyl (C=O) groups is 1. The Kier molecular flexibility index (Phi) is 5.41. The highest BCUT2D eigenvalue weighted by Crippen LogP contribution is 2.16. The number of nitrogens with one attached hydrogen (secondary N) is 1. The van der Waals surface area contributed by atoms with Gasteiger partial charge in [0.2, 0.25) is 10.0 Å². The summed E-state index contributed by atoms with van der Waals surface area (Å²) in [6.45, 7) is 4.30. The number of nitrogens with zero attached hydrogens (tertiary/aromatic N) is 4.